The predicted octanol–water partition coefficient (Wildman–Crippen LogP) is 1.11. The first-order valence-corrected chi connectivity index (χ1v) is 10.2. The smallest absolute Gasteiger partial charge is 0.276 e. The minimum atomic E-state index is -0.0669. The molecule has 1 aliphatic carbocycles. The highest BCUT2D eigenvalue weighted by Gasteiger charge is 2.56. The lowest BCUT2D eigenvalue weighted by molar-refractivity contribution is -0.125. The summed E-state index contributed by atoms with van der Waals surface area (Å²) < 4.78 is 10.5. The molecule has 31 heavy (non-hydrogen) atoms. The summed E-state index contributed by atoms with van der Waals surface area (Å²) in [6, 6.07) is 0. The summed E-state index contributed by atoms with van der Waals surface area (Å²) in [5.74, 6) is 1.71. The molecule has 3 aromatic heterocycles. The Labute approximate surface area is 178 Å². The predicted molar refractivity (Wildman–Crippen MR) is 115 cm³/mol. The van der Waals surface area contributed by atoms with Crippen molar-refractivity contribution >= 4 is 28.3 Å². The van der Waals surface area contributed by atoms with Gasteiger partial charge in [-0.2, -0.15) is 0 Å². The van der Waals surface area contributed by atoms with E-state index in [1.165, 1.54) is 6.08 Å². The number of pyridine rings is 1. The van der Waals surface area contributed by atoms with Crippen LogP contribution in [0.5, 0.6) is 5.88 Å². The Kier molecular flexibility index (Phi) is 4.38. The third-order valence-electron chi connectivity index (χ3n) is 6.46. The maximum absolute atomic E-state index is 13.2. The number of methoxy groups -OCH3 is 1. The van der Waals surface area contributed by atoms with Crippen LogP contribution in [-0.4, -0.2) is 54.9 Å². The van der Waals surface area contributed by atoms with Crippen LogP contribution in [0.4, 0.5) is 11.4 Å². The number of aryl methyl sites for hydroxylation is 2. The van der Waals surface area contributed by atoms with Gasteiger partial charge < -0.3 is 24.1 Å². The van der Waals surface area contributed by atoms with Gasteiger partial charge in [-0.1, -0.05) is 6.58 Å². The van der Waals surface area contributed by atoms with E-state index in [1.807, 2.05) is 31.4 Å². The number of amides is 1. The Morgan fingerprint density at radius 3 is 2.71 bits per heavy atom. The Balaban J connectivity index is 1.45. The summed E-state index contributed by atoms with van der Waals surface area (Å²) in [7, 11) is 5.20. The Morgan fingerprint density at radius 2 is 2.03 bits per heavy atom. The fourth-order valence-corrected chi connectivity index (χ4v) is 4.82. The molecular formula is C21H25N7O3. The van der Waals surface area contributed by atoms with E-state index in [1.54, 1.807) is 27.3 Å². The molecule has 10 nitrogen and oxygen atoms in total. The van der Waals surface area contributed by atoms with Crippen LogP contribution < -0.4 is 15.6 Å². The number of nitrogens with zero attached hydrogens (tertiary/aromatic N) is 6. The van der Waals surface area contributed by atoms with Crippen molar-refractivity contribution in [2.24, 2.45) is 31.8 Å². The monoisotopic (exact) mass is 423 g/mol. The second kappa shape index (κ2) is 7.00. The maximum atomic E-state index is 13.2. The van der Waals surface area contributed by atoms with Crippen LogP contribution in [0.3, 0.4) is 0 Å². The lowest BCUT2D eigenvalue weighted by atomic mass is 10.2. The number of anilines is 2. The highest BCUT2D eigenvalue weighted by molar-refractivity contribution is 5.90. The van der Waals surface area contributed by atoms with E-state index in [9.17, 15) is 9.59 Å². The Hall–Kier alpha value is -3.56. The van der Waals surface area contributed by atoms with Crippen molar-refractivity contribution in [1.82, 2.24) is 28.8 Å². The number of rotatable bonds is 6. The molecule has 162 valence electrons. The summed E-state index contributed by atoms with van der Waals surface area (Å²) in [5, 5.41) is 7.61. The molecule has 0 radical (unpaired) electrons. The molecular weight excluding hydrogens is 398 g/mol. The van der Waals surface area contributed by atoms with Gasteiger partial charge >= 0.3 is 0 Å². The molecule has 1 aliphatic heterocycles. The molecule has 0 bridgehead atoms. The van der Waals surface area contributed by atoms with Gasteiger partial charge in [0.1, 0.15) is 16.7 Å². The van der Waals surface area contributed by atoms with Gasteiger partial charge in [0, 0.05) is 39.9 Å². The first kappa shape index (κ1) is 19.4. The van der Waals surface area contributed by atoms with Gasteiger partial charge in [0.05, 0.1) is 25.3 Å². The van der Waals surface area contributed by atoms with Crippen LogP contribution in [0, 0.1) is 17.8 Å². The number of nitrogens with one attached hydrogen (secondary N) is 1. The van der Waals surface area contributed by atoms with E-state index in [0.29, 0.717) is 46.9 Å². The maximum Gasteiger partial charge on any atom is 0.276 e. The van der Waals surface area contributed by atoms with Crippen molar-refractivity contribution in [3.63, 3.8) is 0 Å². The highest BCUT2D eigenvalue weighted by Crippen LogP contribution is 2.52. The summed E-state index contributed by atoms with van der Waals surface area (Å²) in [6.45, 7) is 5.66. The van der Waals surface area contributed by atoms with Crippen LogP contribution in [0.2, 0.25) is 0 Å². The summed E-state index contributed by atoms with van der Waals surface area (Å²) in [6.07, 6.45) is 6.66. The van der Waals surface area contributed by atoms with Crippen molar-refractivity contribution in [2.45, 2.75) is 6.54 Å². The van der Waals surface area contributed by atoms with Crippen molar-refractivity contribution in [1.29, 1.82) is 0 Å². The quantitative estimate of drug-likeness (QED) is 0.597. The molecule has 2 fully saturated rings. The van der Waals surface area contributed by atoms with Crippen molar-refractivity contribution in [2.75, 3.05) is 25.5 Å². The second-order valence-corrected chi connectivity index (χ2v) is 8.34. The molecule has 5 rings (SSSR count). The molecule has 1 amide bonds. The molecule has 0 spiro atoms. The van der Waals surface area contributed by atoms with Crippen LogP contribution in [0.15, 0.2) is 36.2 Å². The molecule has 3 aromatic rings. The van der Waals surface area contributed by atoms with Gasteiger partial charge in [0.15, 0.2) is 0 Å². The lowest BCUT2D eigenvalue weighted by Crippen LogP contribution is -2.31. The standard InChI is InChI=1S/C21H25N7O3/c1-5-17(29)27-6-12-13(7-27)14(12)8-28-10-15(18-19(21(28)30)25(2)11-22-18)23-16-9-26(3)24-20(16)31-4/h5,9-14,23H,1,6-8H2,2-4H3. The topological polar surface area (TPSA) is 99.2 Å². The summed E-state index contributed by atoms with van der Waals surface area (Å²) in [4.78, 5) is 31.3. The van der Waals surface area contributed by atoms with Gasteiger partial charge in [0.25, 0.3) is 11.4 Å². The number of ether oxygens (including phenoxy) is 1. The number of piperidine rings is 1. The minimum Gasteiger partial charge on any atom is -0.478 e. The molecule has 0 aromatic carbocycles. The number of aromatic nitrogens is 5. The first-order valence-electron chi connectivity index (χ1n) is 10.2. The number of hydrogen-bond donors (Lipinski definition) is 1. The zero-order valence-corrected chi connectivity index (χ0v) is 17.8. The lowest BCUT2D eigenvalue weighted by Gasteiger charge is -2.18. The number of carbonyl (C=O) groups is 1. The fraction of sp³-hybridized carbons (Fsp3) is 0.429. The van der Waals surface area contributed by atoms with Crippen LogP contribution >= 0.6 is 0 Å². The zero-order chi connectivity index (χ0) is 21.9. The van der Waals surface area contributed by atoms with E-state index >= 15 is 0 Å². The fourth-order valence-electron chi connectivity index (χ4n) is 4.82. The zero-order valence-electron chi connectivity index (χ0n) is 17.8. The van der Waals surface area contributed by atoms with Crippen LogP contribution in [0.25, 0.3) is 11.0 Å². The van der Waals surface area contributed by atoms with E-state index in [2.05, 4.69) is 22.0 Å². The third-order valence-corrected chi connectivity index (χ3v) is 6.46. The SMILES string of the molecule is C=CC(=O)N1CC2C(C1)C2Cn1cc(Nc2cn(C)nc2OC)c2ncn(C)c2c1=O. The highest BCUT2D eigenvalue weighted by atomic mass is 16.5. The number of imidazole rings is 1. The van der Waals surface area contributed by atoms with Crippen molar-refractivity contribution in [3.05, 3.63) is 41.7 Å². The average Bonchev–Trinajstić information content (AvgIpc) is 3.16. The normalized spacial score (nSPS) is 21.9. The van der Waals surface area contributed by atoms with Gasteiger partial charge in [0.2, 0.25) is 5.91 Å². The Morgan fingerprint density at radius 1 is 1.29 bits per heavy atom. The second-order valence-electron chi connectivity index (χ2n) is 8.34. The third kappa shape index (κ3) is 3.09. The molecule has 2 atom stereocenters. The number of carbonyl (C=O) groups excluding carboxylic acids is 1. The van der Waals surface area contributed by atoms with Crippen molar-refractivity contribution in [3.8, 4) is 5.88 Å². The van der Waals surface area contributed by atoms with Crippen LogP contribution in [0.1, 0.15) is 0 Å². The van der Waals surface area contributed by atoms with E-state index in [0.717, 1.165) is 18.8 Å². The number of fused-ring (bicyclic) bond motifs is 2. The van der Waals surface area contributed by atoms with E-state index in [4.69, 9.17) is 4.74 Å². The molecule has 1 N–H and O–H groups in total. The van der Waals surface area contributed by atoms with E-state index in [-0.39, 0.29) is 11.5 Å². The van der Waals surface area contributed by atoms with Gasteiger partial charge in [-0.15, -0.1) is 5.10 Å². The molecule has 10 heteroatoms. The minimum absolute atomic E-state index is 0.0173. The van der Waals surface area contributed by atoms with Crippen LogP contribution in [-0.2, 0) is 25.4 Å². The van der Waals surface area contributed by atoms with E-state index < -0.39 is 0 Å². The first-order chi connectivity index (χ1) is 14.9. The molecule has 2 unspecified atom stereocenters. The van der Waals surface area contributed by atoms with Gasteiger partial charge in [-0.3, -0.25) is 14.3 Å². The largest absolute Gasteiger partial charge is 0.478 e. The molecule has 4 heterocycles. The summed E-state index contributed by atoms with van der Waals surface area (Å²) >= 11 is 0. The molecule has 1 saturated heterocycles. The Bertz CT molecular complexity index is 1240. The molecule has 2 aliphatic rings. The summed E-state index contributed by atoms with van der Waals surface area (Å²) in [5.41, 5.74) is 2.50. The molecule has 1 saturated carbocycles. The number of hydrogen-bond acceptors (Lipinski definition) is 6. The van der Waals surface area contributed by atoms with Crippen molar-refractivity contribution < 1.29 is 9.53 Å². The van der Waals surface area contributed by atoms with Gasteiger partial charge in [-0.25, -0.2) is 4.98 Å². The average molecular weight is 423 g/mol. The van der Waals surface area contributed by atoms with Gasteiger partial charge in [-0.05, 0) is 23.8 Å². The number of likely N-dealkylation sites (tertiary alicyclic amines) is 1.